The van der Waals surface area contributed by atoms with Crippen LogP contribution in [0, 0.1) is 11.7 Å². The molecule has 0 N–H and O–H groups in total. The van der Waals surface area contributed by atoms with Crippen molar-refractivity contribution in [3.63, 3.8) is 0 Å². The number of ether oxygens (including phenoxy) is 2. The monoisotopic (exact) mass is 439 g/mol. The standard InChI is InChI=1S/C25H30FN3O3/c1-17-10-12-28(13-11-17)16-25(30)29-23(21-9-8-20(31-2)14-24(21)32-3)15-22(27-29)18-4-6-19(26)7-5-18/h4-9,14,17,23H,10-13,15-16H2,1-3H3. The number of methoxy groups -OCH3 is 2. The van der Waals surface area contributed by atoms with E-state index < -0.39 is 0 Å². The van der Waals surface area contributed by atoms with Gasteiger partial charge in [-0.2, -0.15) is 5.10 Å². The molecular weight excluding hydrogens is 409 g/mol. The Bertz CT molecular complexity index is 984. The van der Waals surface area contributed by atoms with Crippen LogP contribution in [-0.2, 0) is 4.79 Å². The van der Waals surface area contributed by atoms with Gasteiger partial charge in [-0.05, 0) is 61.7 Å². The Balaban J connectivity index is 1.63. The van der Waals surface area contributed by atoms with Gasteiger partial charge < -0.3 is 9.47 Å². The molecule has 2 aliphatic heterocycles. The summed E-state index contributed by atoms with van der Waals surface area (Å²) in [6.45, 7) is 4.43. The molecule has 1 atom stereocenters. The second kappa shape index (κ2) is 9.69. The van der Waals surface area contributed by atoms with Crippen molar-refractivity contribution in [3.05, 3.63) is 59.4 Å². The number of benzene rings is 2. The molecule has 2 aromatic carbocycles. The molecule has 1 fully saturated rings. The quantitative estimate of drug-likeness (QED) is 0.675. The van der Waals surface area contributed by atoms with Crippen molar-refractivity contribution in [3.8, 4) is 11.5 Å². The van der Waals surface area contributed by atoms with Gasteiger partial charge in [-0.25, -0.2) is 9.40 Å². The minimum atomic E-state index is -0.299. The van der Waals surface area contributed by atoms with Crippen molar-refractivity contribution in [2.24, 2.45) is 11.0 Å². The molecule has 170 valence electrons. The highest BCUT2D eigenvalue weighted by Gasteiger charge is 2.35. The summed E-state index contributed by atoms with van der Waals surface area (Å²) >= 11 is 0. The Morgan fingerprint density at radius 3 is 2.47 bits per heavy atom. The molecule has 0 aliphatic carbocycles. The van der Waals surface area contributed by atoms with Crippen LogP contribution in [0.15, 0.2) is 47.6 Å². The number of carbonyl (C=O) groups excluding carboxylic acids is 1. The van der Waals surface area contributed by atoms with Crippen LogP contribution in [0.2, 0.25) is 0 Å². The van der Waals surface area contributed by atoms with Gasteiger partial charge in [0, 0.05) is 18.1 Å². The van der Waals surface area contributed by atoms with E-state index in [0.717, 1.165) is 42.8 Å². The molecule has 0 aromatic heterocycles. The van der Waals surface area contributed by atoms with E-state index >= 15 is 0 Å². The lowest BCUT2D eigenvalue weighted by Gasteiger charge is -2.31. The third kappa shape index (κ3) is 4.78. The van der Waals surface area contributed by atoms with Gasteiger partial charge in [-0.3, -0.25) is 9.69 Å². The number of carbonyl (C=O) groups is 1. The van der Waals surface area contributed by atoms with E-state index in [0.29, 0.717) is 30.4 Å². The second-order valence-electron chi connectivity index (χ2n) is 8.58. The number of likely N-dealkylation sites (tertiary alicyclic amines) is 1. The summed E-state index contributed by atoms with van der Waals surface area (Å²) in [5, 5.41) is 6.29. The van der Waals surface area contributed by atoms with E-state index in [9.17, 15) is 9.18 Å². The molecule has 4 rings (SSSR count). The van der Waals surface area contributed by atoms with Crippen LogP contribution in [0.25, 0.3) is 0 Å². The number of nitrogens with zero attached hydrogens (tertiary/aromatic N) is 3. The molecule has 0 saturated carbocycles. The van der Waals surface area contributed by atoms with Gasteiger partial charge in [-0.15, -0.1) is 0 Å². The fourth-order valence-electron chi connectivity index (χ4n) is 4.38. The van der Waals surface area contributed by atoms with Crippen molar-refractivity contribution in [2.75, 3.05) is 33.9 Å². The lowest BCUT2D eigenvalue weighted by Crippen LogP contribution is -2.41. The summed E-state index contributed by atoms with van der Waals surface area (Å²) in [4.78, 5) is 15.6. The smallest absolute Gasteiger partial charge is 0.257 e. The predicted octanol–water partition coefficient (Wildman–Crippen LogP) is 4.25. The number of amides is 1. The van der Waals surface area contributed by atoms with Crippen molar-refractivity contribution in [2.45, 2.75) is 32.2 Å². The first kappa shape index (κ1) is 22.3. The zero-order chi connectivity index (χ0) is 22.7. The lowest BCUT2D eigenvalue weighted by molar-refractivity contribution is -0.134. The fourth-order valence-corrected chi connectivity index (χ4v) is 4.38. The highest BCUT2D eigenvalue weighted by molar-refractivity contribution is 6.03. The number of halogens is 1. The molecule has 32 heavy (non-hydrogen) atoms. The largest absolute Gasteiger partial charge is 0.497 e. The van der Waals surface area contributed by atoms with Crippen LogP contribution in [-0.4, -0.2) is 55.4 Å². The molecule has 0 radical (unpaired) electrons. The van der Waals surface area contributed by atoms with Crippen molar-refractivity contribution in [1.82, 2.24) is 9.91 Å². The van der Waals surface area contributed by atoms with Crippen LogP contribution < -0.4 is 9.47 Å². The van der Waals surface area contributed by atoms with Gasteiger partial charge >= 0.3 is 0 Å². The third-order valence-corrected chi connectivity index (χ3v) is 6.38. The normalized spacial score (nSPS) is 19.7. The Hall–Kier alpha value is -2.93. The molecule has 2 aliphatic rings. The van der Waals surface area contributed by atoms with Crippen LogP contribution >= 0.6 is 0 Å². The Morgan fingerprint density at radius 1 is 1.09 bits per heavy atom. The molecular formula is C25H30FN3O3. The average Bonchev–Trinajstić information content (AvgIpc) is 3.26. The van der Waals surface area contributed by atoms with E-state index in [1.165, 1.54) is 12.1 Å². The van der Waals surface area contributed by atoms with Gasteiger partial charge in [0.1, 0.15) is 17.3 Å². The summed E-state index contributed by atoms with van der Waals surface area (Å²) in [6.07, 6.45) is 2.73. The first-order valence-corrected chi connectivity index (χ1v) is 11.1. The highest BCUT2D eigenvalue weighted by atomic mass is 19.1. The maximum Gasteiger partial charge on any atom is 0.257 e. The number of hydrogen-bond donors (Lipinski definition) is 0. The summed E-state index contributed by atoms with van der Waals surface area (Å²) in [5.41, 5.74) is 2.44. The van der Waals surface area contributed by atoms with E-state index in [1.807, 2.05) is 18.2 Å². The third-order valence-electron chi connectivity index (χ3n) is 6.38. The van der Waals surface area contributed by atoms with E-state index in [-0.39, 0.29) is 17.8 Å². The molecule has 2 heterocycles. The molecule has 1 amide bonds. The SMILES string of the molecule is COc1ccc(C2CC(c3ccc(F)cc3)=NN2C(=O)CN2CCC(C)CC2)c(OC)c1. The fraction of sp³-hybridized carbons (Fsp3) is 0.440. The molecule has 0 bridgehead atoms. The summed E-state index contributed by atoms with van der Waals surface area (Å²) < 4.78 is 24.4. The zero-order valence-electron chi connectivity index (χ0n) is 18.9. The van der Waals surface area contributed by atoms with Gasteiger partial charge in [0.05, 0.1) is 32.5 Å². The van der Waals surface area contributed by atoms with E-state index in [1.54, 1.807) is 31.4 Å². The molecule has 7 heteroatoms. The van der Waals surface area contributed by atoms with E-state index in [2.05, 4.69) is 11.8 Å². The van der Waals surface area contributed by atoms with Gasteiger partial charge in [-0.1, -0.05) is 19.1 Å². The van der Waals surface area contributed by atoms with Crippen molar-refractivity contribution < 1.29 is 18.7 Å². The topological polar surface area (TPSA) is 54.4 Å². The Morgan fingerprint density at radius 2 is 1.81 bits per heavy atom. The van der Waals surface area contributed by atoms with Crippen molar-refractivity contribution >= 4 is 11.6 Å². The maximum absolute atomic E-state index is 13.4. The van der Waals surface area contributed by atoms with Crippen LogP contribution in [0.1, 0.15) is 43.4 Å². The maximum atomic E-state index is 13.4. The predicted molar refractivity (Wildman–Crippen MR) is 122 cm³/mol. The minimum absolute atomic E-state index is 0.0421. The molecule has 1 unspecified atom stereocenters. The Kier molecular flexibility index (Phi) is 6.74. The number of hydrazone groups is 1. The van der Waals surface area contributed by atoms with Crippen LogP contribution in [0.4, 0.5) is 4.39 Å². The van der Waals surface area contributed by atoms with Gasteiger partial charge in [0.25, 0.3) is 5.91 Å². The van der Waals surface area contributed by atoms with Crippen LogP contribution in [0.3, 0.4) is 0 Å². The molecule has 6 nitrogen and oxygen atoms in total. The van der Waals surface area contributed by atoms with Crippen molar-refractivity contribution in [1.29, 1.82) is 0 Å². The summed E-state index contributed by atoms with van der Waals surface area (Å²) in [7, 11) is 3.21. The van der Waals surface area contributed by atoms with Crippen LogP contribution in [0.5, 0.6) is 11.5 Å². The van der Waals surface area contributed by atoms with Gasteiger partial charge in [0.15, 0.2) is 0 Å². The van der Waals surface area contributed by atoms with E-state index in [4.69, 9.17) is 14.6 Å². The lowest BCUT2D eigenvalue weighted by atomic mass is 9.97. The summed E-state index contributed by atoms with van der Waals surface area (Å²) in [6, 6.07) is 11.6. The molecule has 2 aromatic rings. The second-order valence-corrected chi connectivity index (χ2v) is 8.58. The minimum Gasteiger partial charge on any atom is -0.497 e. The zero-order valence-corrected chi connectivity index (χ0v) is 18.9. The average molecular weight is 440 g/mol. The van der Waals surface area contributed by atoms with Gasteiger partial charge in [0.2, 0.25) is 0 Å². The Labute approximate surface area is 188 Å². The number of hydrogen-bond acceptors (Lipinski definition) is 5. The first-order chi connectivity index (χ1) is 15.5. The summed E-state index contributed by atoms with van der Waals surface area (Å²) in [5.74, 6) is 1.69. The number of piperidine rings is 1. The molecule has 0 spiro atoms. The highest BCUT2D eigenvalue weighted by Crippen LogP contribution is 2.39. The number of rotatable bonds is 6. The molecule has 1 saturated heterocycles. The first-order valence-electron chi connectivity index (χ1n) is 11.1.